The summed E-state index contributed by atoms with van der Waals surface area (Å²) < 4.78 is 18.8. The molecule has 6 nitrogen and oxygen atoms in total. The number of rotatable bonds is 7. The average Bonchev–Trinajstić information content (AvgIpc) is 3.08. The van der Waals surface area contributed by atoms with Gasteiger partial charge in [0.15, 0.2) is 0 Å². The number of nitrogens with zero attached hydrogens (tertiary/aromatic N) is 1. The van der Waals surface area contributed by atoms with Gasteiger partial charge < -0.3 is 10.1 Å². The van der Waals surface area contributed by atoms with Gasteiger partial charge in [-0.15, -0.1) is 0 Å². The summed E-state index contributed by atoms with van der Waals surface area (Å²) in [4.78, 5) is 38.3. The van der Waals surface area contributed by atoms with Crippen molar-refractivity contribution >= 4 is 40.6 Å². The average molecular weight is 477 g/mol. The number of thioether (sulfide) groups is 1. The molecular weight excluding hydrogens is 455 g/mol. The Morgan fingerprint density at radius 2 is 1.68 bits per heavy atom. The number of halogens is 1. The SMILES string of the molecule is Cc1ccc(COc2ccc(/C=C3\SC(=O)N(CC(=O)Nc4ccc(F)cc4)C3=O)cc2)cc1. The summed E-state index contributed by atoms with van der Waals surface area (Å²) >= 11 is 0.777. The predicted molar refractivity (Wildman–Crippen MR) is 130 cm³/mol. The summed E-state index contributed by atoms with van der Waals surface area (Å²) in [6.45, 7) is 2.05. The number of carbonyl (C=O) groups is 3. The molecule has 3 aromatic carbocycles. The molecular formula is C26H21FN2O4S. The lowest BCUT2D eigenvalue weighted by Gasteiger charge is -2.12. The van der Waals surface area contributed by atoms with Crippen LogP contribution in [0.4, 0.5) is 14.9 Å². The van der Waals surface area contributed by atoms with Crippen LogP contribution in [-0.2, 0) is 16.2 Å². The highest BCUT2D eigenvalue weighted by Crippen LogP contribution is 2.32. The van der Waals surface area contributed by atoms with E-state index in [4.69, 9.17) is 4.74 Å². The van der Waals surface area contributed by atoms with E-state index in [1.165, 1.54) is 29.8 Å². The third-order valence-electron chi connectivity index (χ3n) is 5.01. The predicted octanol–water partition coefficient (Wildman–Crippen LogP) is 5.39. The van der Waals surface area contributed by atoms with Gasteiger partial charge in [0.1, 0.15) is 24.7 Å². The highest BCUT2D eigenvalue weighted by molar-refractivity contribution is 8.18. The first kappa shape index (κ1) is 23.3. The molecule has 3 amide bonds. The first-order chi connectivity index (χ1) is 16.4. The molecule has 0 aromatic heterocycles. The molecule has 172 valence electrons. The fraction of sp³-hybridized carbons (Fsp3) is 0.115. The van der Waals surface area contributed by atoms with Gasteiger partial charge in [0.25, 0.3) is 11.1 Å². The monoisotopic (exact) mass is 476 g/mol. The minimum atomic E-state index is -0.551. The number of aryl methyl sites for hydroxylation is 1. The van der Waals surface area contributed by atoms with Gasteiger partial charge in [-0.3, -0.25) is 19.3 Å². The van der Waals surface area contributed by atoms with Gasteiger partial charge in [-0.1, -0.05) is 42.0 Å². The van der Waals surface area contributed by atoms with Gasteiger partial charge in [-0.2, -0.15) is 0 Å². The van der Waals surface area contributed by atoms with Gasteiger partial charge in [0.2, 0.25) is 5.91 Å². The quantitative estimate of drug-likeness (QED) is 0.463. The van der Waals surface area contributed by atoms with Crippen LogP contribution in [0.5, 0.6) is 5.75 Å². The lowest BCUT2D eigenvalue weighted by Crippen LogP contribution is -2.36. The number of ether oxygens (including phenoxy) is 1. The van der Waals surface area contributed by atoms with Crippen LogP contribution in [0.1, 0.15) is 16.7 Å². The number of nitrogens with one attached hydrogen (secondary N) is 1. The zero-order valence-electron chi connectivity index (χ0n) is 18.3. The topological polar surface area (TPSA) is 75.7 Å². The second-order valence-corrected chi connectivity index (χ2v) is 8.66. The molecule has 0 radical (unpaired) electrons. The van der Waals surface area contributed by atoms with Crippen molar-refractivity contribution in [1.29, 1.82) is 0 Å². The molecule has 1 N–H and O–H groups in total. The molecule has 1 fully saturated rings. The van der Waals surface area contributed by atoms with Gasteiger partial charge in [-0.25, -0.2) is 4.39 Å². The summed E-state index contributed by atoms with van der Waals surface area (Å²) in [5, 5.41) is 2.02. The van der Waals surface area contributed by atoms with E-state index >= 15 is 0 Å². The molecule has 0 atom stereocenters. The third-order valence-corrected chi connectivity index (χ3v) is 5.91. The van der Waals surface area contributed by atoms with Crippen LogP contribution in [0, 0.1) is 12.7 Å². The van der Waals surface area contributed by atoms with Gasteiger partial charge in [0, 0.05) is 5.69 Å². The second-order valence-electron chi connectivity index (χ2n) is 7.67. The van der Waals surface area contributed by atoms with E-state index in [1.807, 2.05) is 31.2 Å². The molecule has 8 heteroatoms. The number of imide groups is 1. The van der Waals surface area contributed by atoms with E-state index < -0.39 is 29.4 Å². The fourth-order valence-electron chi connectivity index (χ4n) is 3.18. The Bertz CT molecular complexity index is 1240. The first-order valence-electron chi connectivity index (χ1n) is 10.5. The Morgan fingerprint density at radius 1 is 1.00 bits per heavy atom. The normalized spacial score (nSPS) is 14.5. The molecule has 0 aliphatic carbocycles. The number of carbonyl (C=O) groups excluding carboxylic acids is 3. The Balaban J connectivity index is 1.35. The first-order valence-corrected chi connectivity index (χ1v) is 11.3. The molecule has 1 aliphatic heterocycles. The van der Waals surface area contributed by atoms with Crippen LogP contribution in [0.25, 0.3) is 6.08 Å². The molecule has 1 saturated heterocycles. The molecule has 1 aliphatic rings. The van der Waals surface area contributed by atoms with Gasteiger partial charge in [-0.05, 0) is 72.3 Å². The van der Waals surface area contributed by atoms with E-state index in [-0.39, 0.29) is 4.91 Å². The smallest absolute Gasteiger partial charge is 0.294 e. The van der Waals surface area contributed by atoms with Crippen molar-refractivity contribution in [2.45, 2.75) is 13.5 Å². The minimum Gasteiger partial charge on any atom is -0.489 e. The number of benzene rings is 3. The van der Waals surface area contributed by atoms with E-state index in [0.29, 0.717) is 18.0 Å². The number of amides is 3. The molecule has 0 spiro atoms. The summed E-state index contributed by atoms with van der Waals surface area (Å²) in [7, 11) is 0. The number of hydrogen-bond donors (Lipinski definition) is 1. The van der Waals surface area contributed by atoms with Crippen LogP contribution in [0.2, 0.25) is 0 Å². The maximum absolute atomic E-state index is 13.0. The van der Waals surface area contributed by atoms with Crippen molar-refractivity contribution in [3.8, 4) is 5.75 Å². The lowest BCUT2D eigenvalue weighted by atomic mass is 10.1. The Labute approximate surface area is 200 Å². The van der Waals surface area contributed by atoms with Gasteiger partial charge >= 0.3 is 0 Å². The largest absolute Gasteiger partial charge is 0.489 e. The lowest BCUT2D eigenvalue weighted by molar-refractivity contribution is -0.127. The van der Waals surface area contributed by atoms with Crippen LogP contribution in [-0.4, -0.2) is 28.5 Å². The van der Waals surface area contributed by atoms with Crippen LogP contribution >= 0.6 is 11.8 Å². The van der Waals surface area contributed by atoms with Gasteiger partial charge in [0.05, 0.1) is 4.91 Å². The number of hydrogen-bond acceptors (Lipinski definition) is 5. The van der Waals surface area contributed by atoms with Crippen molar-refractivity contribution in [2.24, 2.45) is 0 Å². The molecule has 0 saturated carbocycles. The molecule has 3 aromatic rings. The van der Waals surface area contributed by atoms with E-state index in [9.17, 15) is 18.8 Å². The van der Waals surface area contributed by atoms with Crippen molar-refractivity contribution in [1.82, 2.24) is 4.90 Å². The van der Waals surface area contributed by atoms with E-state index in [1.54, 1.807) is 30.3 Å². The Kier molecular flexibility index (Phi) is 7.08. The molecule has 4 rings (SSSR count). The maximum atomic E-state index is 13.0. The third kappa shape index (κ3) is 5.90. The van der Waals surface area contributed by atoms with Crippen LogP contribution < -0.4 is 10.1 Å². The number of anilines is 1. The van der Waals surface area contributed by atoms with E-state index in [0.717, 1.165) is 27.8 Å². The molecule has 0 unspecified atom stereocenters. The van der Waals surface area contributed by atoms with Crippen molar-refractivity contribution in [3.05, 3.63) is 100 Å². The zero-order chi connectivity index (χ0) is 24.1. The Hall–Kier alpha value is -3.91. The summed E-state index contributed by atoms with van der Waals surface area (Å²) in [5.41, 5.74) is 3.35. The second kappa shape index (κ2) is 10.4. The Morgan fingerprint density at radius 3 is 2.35 bits per heavy atom. The van der Waals surface area contributed by atoms with E-state index in [2.05, 4.69) is 5.32 Å². The highest BCUT2D eigenvalue weighted by Gasteiger charge is 2.36. The fourth-order valence-corrected chi connectivity index (χ4v) is 4.01. The summed E-state index contributed by atoms with van der Waals surface area (Å²) in [5.74, 6) is -0.836. The van der Waals surface area contributed by atoms with Crippen molar-refractivity contribution < 1.29 is 23.5 Å². The van der Waals surface area contributed by atoms with Crippen LogP contribution in [0.3, 0.4) is 0 Å². The molecule has 34 heavy (non-hydrogen) atoms. The minimum absolute atomic E-state index is 0.230. The maximum Gasteiger partial charge on any atom is 0.294 e. The summed E-state index contributed by atoms with van der Waals surface area (Å²) in [6, 6.07) is 20.5. The van der Waals surface area contributed by atoms with Crippen LogP contribution in [0.15, 0.2) is 77.7 Å². The van der Waals surface area contributed by atoms with Crippen molar-refractivity contribution in [2.75, 3.05) is 11.9 Å². The zero-order valence-corrected chi connectivity index (χ0v) is 19.1. The summed E-state index contributed by atoms with van der Waals surface area (Å²) in [6.07, 6.45) is 1.60. The molecule has 1 heterocycles. The highest BCUT2D eigenvalue weighted by atomic mass is 32.2. The standard InChI is InChI=1S/C26H21FN2O4S/c1-17-2-4-19(5-3-17)16-33-22-12-6-18(7-13-22)14-23-25(31)29(26(32)34-23)15-24(30)28-21-10-8-20(27)9-11-21/h2-14H,15-16H2,1H3,(H,28,30)/b23-14-. The molecule has 0 bridgehead atoms. The van der Waals surface area contributed by atoms with Crippen molar-refractivity contribution in [3.63, 3.8) is 0 Å².